The van der Waals surface area contributed by atoms with E-state index in [1.54, 1.807) is 6.07 Å². The molecule has 1 N–H and O–H groups in total. The number of nitrogens with one attached hydrogen (secondary N) is 1. The van der Waals surface area contributed by atoms with E-state index in [0.717, 1.165) is 44.4 Å². The number of hydrogen-bond donors (Lipinski definition) is 1. The standard InChI is InChI=1S/C16H23ClFNO/c1-2-19-14(11-15-5-3-4-8-20-15)10-12-9-13(18)6-7-16(12)17/h6-7,9,14-15,19H,2-5,8,10-11H2,1H3. The van der Waals surface area contributed by atoms with Gasteiger partial charge >= 0.3 is 0 Å². The summed E-state index contributed by atoms with van der Waals surface area (Å²) >= 11 is 6.16. The second-order valence-electron chi connectivity index (χ2n) is 5.42. The van der Waals surface area contributed by atoms with Gasteiger partial charge in [-0.25, -0.2) is 4.39 Å². The molecule has 1 aliphatic rings. The lowest BCUT2D eigenvalue weighted by Gasteiger charge is -2.27. The predicted molar refractivity (Wildman–Crippen MR) is 80.8 cm³/mol. The van der Waals surface area contributed by atoms with Gasteiger partial charge in [0.1, 0.15) is 5.82 Å². The minimum absolute atomic E-state index is 0.228. The van der Waals surface area contributed by atoms with Crippen LogP contribution in [-0.2, 0) is 11.2 Å². The first-order valence-electron chi connectivity index (χ1n) is 7.48. The molecule has 1 heterocycles. The number of ether oxygens (including phenoxy) is 1. The maximum atomic E-state index is 13.3. The highest BCUT2D eigenvalue weighted by Crippen LogP contribution is 2.22. The zero-order valence-corrected chi connectivity index (χ0v) is 12.8. The minimum atomic E-state index is -0.228. The van der Waals surface area contributed by atoms with E-state index in [1.807, 2.05) is 0 Å². The van der Waals surface area contributed by atoms with Crippen molar-refractivity contribution < 1.29 is 9.13 Å². The molecule has 2 nitrogen and oxygen atoms in total. The Morgan fingerprint density at radius 3 is 3.00 bits per heavy atom. The van der Waals surface area contributed by atoms with Gasteiger partial charge in [0.25, 0.3) is 0 Å². The van der Waals surface area contributed by atoms with E-state index < -0.39 is 0 Å². The van der Waals surface area contributed by atoms with Gasteiger partial charge in [0.2, 0.25) is 0 Å². The summed E-state index contributed by atoms with van der Waals surface area (Å²) in [5.41, 5.74) is 0.869. The molecule has 1 aromatic carbocycles. The lowest BCUT2D eigenvalue weighted by Crippen LogP contribution is -2.36. The van der Waals surface area contributed by atoms with Crippen molar-refractivity contribution in [2.45, 2.75) is 51.2 Å². The van der Waals surface area contributed by atoms with E-state index in [1.165, 1.54) is 18.6 Å². The number of halogens is 2. The third-order valence-corrected chi connectivity index (χ3v) is 4.16. The third-order valence-electron chi connectivity index (χ3n) is 3.79. The van der Waals surface area contributed by atoms with Crippen LogP contribution >= 0.6 is 11.6 Å². The number of rotatable bonds is 6. The first kappa shape index (κ1) is 15.7. The van der Waals surface area contributed by atoms with Crippen LogP contribution < -0.4 is 5.32 Å². The summed E-state index contributed by atoms with van der Waals surface area (Å²) in [5, 5.41) is 4.10. The summed E-state index contributed by atoms with van der Waals surface area (Å²) in [7, 11) is 0. The highest BCUT2D eigenvalue weighted by molar-refractivity contribution is 6.31. The van der Waals surface area contributed by atoms with Crippen molar-refractivity contribution in [2.75, 3.05) is 13.2 Å². The molecule has 0 saturated carbocycles. The fraction of sp³-hybridized carbons (Fsp3) is 0.625. The second-order valence-corrected chi connectivity index (χ2v) is 5.83. The molecule has 20 heavy (non-hydrogen) atoms. The van der Waals surface area contributed by atoms with Gasteiger partial charge < -0.3 is 10.1 Å². The molecule has 2 rings (SSSR count). The monoisotopic (exact) mass is 299 g/mol. The van der Waals surface area contributed by atoms with Crippen LogP contribution in [0.25, 0.3) is 0 Å². The number of likely N-dealkylation sites (N-methyl/N-ethyl adjacent to an activating group) is 1. The number of hydrogen-bond acceptors (Lipinski definition) is 2. The van der Waals surface area contributed by atoms with Gasteiger partial charge in [-0.05, 0) is 62.4 Å². The molecule has 0 aromatic heterocycles. The summed E-state index contributed by atoms with van der Waals surface area (Å²) in [6.07, 6.45) is 5.55. The van der Waals surface area contributed by atoms with Crippen LogP contribution in [0.1, 0.15) is 38.2 Å². The van der Waals surface area contributed by atoms with Crippen molar-refractivity contribution in [3.8, 4) is 0 Å². The summed E-state index contributed by atoms with van der Waals surface area (Å²) in [6, 6.07) is 4.85. The molecule has 2 atom stereocenters. The fourth-order valence-corrected chi connectivity index (χ4v) is 3.00. The normalized spacial score (nSPS) is 20.9. The predicted octanol–water partition coefficient (Wildman–Crippen LogP) is 3.96. The molecule has 1 aromatic rings. The van der Waals surface area contributed by atoms with Crippen LogP contribution in [0.15, 0.2) is 18.2 Å². The molecule has 4 heteroatoms. The zero-order valence-electron chi connectivity index (χ0n) is 12.0. The summed E-state index contributed by atoms with van der Waals surface area (Å²) < 4.78 is 19.1. The van der Waals surface area contributed by atoms with Crippen LogP contribution in [0, 0.1) is 5.82 Å². The Morgan fingerprint density at radius 2 is 2.30 bits per heavy atom. The quantitative estimate of drug-likeness (QED) is 0.858. The van der Waals surface area contributed by atoms with Gasteiger partial charge in [-0.15, -0.1) is 0 Å². The van der Waals surface area contributed by atoms with E-state index in [0.29, 0.717) is 11.1 Å². The second kappa shape index (κ2) is 7.96. The Labute approximate surface area is 125 Å². The van der Waals surface area contributed by atoms with Crippen molar-refractivity contribution in [3.63, 3.8) is 0 Å². The van der Waals surface area contributed by atoms with Crippen LogP contribution in [0.3, 0.4) is 0 Å². The van der Waals surface area contributed by atoms with Gasteiger partial charge in [-0.3, -0.25) is 0 Å². The molecule has 0 spiro atoms. The van der Waals surface area contributed by atoms with Gasteiger partial charge in [-0.2, -0.15) is 0 Å². The Balaban J connectivity index is 1.98. The highest BCUT2D eigenvalue weighted by atomic mass is 35.5. The SMILES string of the molecule is CCNC(Cc1cc(F)ccc1Cl)CC1CCCCO1. The van der Waals surface area contributed by atoms with E-state index >= 15 is 0 Å². The Kier molecular flexibility index (Phi) is 6.27. The van der Waals surface area contributed by atoms with Crippen molar-refractivity contribution in [3.05, 3.63) is 34.6 Å². The minimum Gasteiger partial charge on any atom is -0.378 e. The first-order chi connectivity index (χ1) is 9.69. The third kappa shape index (κ3) is 4.72. The molecule has 0 radical (unpaired) electrons. The van der Waals surface area contributed by atoms with E-state index in [-0.39, 0.29) is 11.9 Å². The lowest BCUT2D eigenvalue weighted by molar-refractivity contribution is 0.00535. The van der Waals surface area contributed by atoms with E-state index in [9.17, 15) is 4.39 Å². The highest BCUT2D eigenvalue weighted by Gasteiger charge is 2.20. The summed E-state index contributed by atoms with van der Waals surface area (Å²) in [5.74, 6) is -0.228. The van der Waals surface area contributed by atoms with Gasteiger partial charge in [-0.1, -0.05) is 18.5 Å². The number of benzene rings is 1. The van der Waals surface area contributed by atoms with Crippen LogP contribution in [0.2, 0.25) is 5.02 Å². The molecular weight excluding hydrogens is 277 g/mol. The fourth-order valence-electron chi connectivity index (χ4n) is 2.80. The smallest absolute Gasteiger partial charge is 0.123 e. The Hall–Kier alpha value is -0.640. The summed E-state index contributed by atoms with van der Waals surface area (Å²) in [4.78, 5) is 0. The van der Waals surface area contributed by atoms with E-state index in [4.69, 9.17) is 16.3 Å². The average Bonchev–Trinajstić information content (AvgIpc) is 2.44. The largest absolute Gasteiger partial charge is 0.378 e. The first-order valence-corrected chi connectivity index (χ1v) is 7.85. The topological polar surface area (TPSA) is 21.3 Å². The molecule has 1 fully saturated rings. The molecule has 1 aliphatic heterocycles. The van der Waals surface area contributed by atoms with E-state index in [2.05, 4.69) is 12.2 Å². The Morgan fingerprint density at radius 1 is 1.45 bits per heavy atom. The zero-order chi connectivity index (χ0) is 14.4. The van der Waals surface area contributed by atoms with Crippen molar-refractivity contribution >= 4 is 11.6 Å². The van der Waals surface area contributed by atoms with Crippen LogP contribution in [0.4, 0.5) is 4.39 Å². The van der Waals surface area contributed by atoms with Gasteiger partial charge in [0.15, 0.2) is 0 Å². The maximum absolute atomic E-state index is 13.3. The summed E-state index contributed by atoms with van der Waals surface area (Å²) in [6.45, 7) is 3.84. The van der Waals surface area contributed by atoms with Crippen molar-refractivity contribution in [2.24, 2.45) is 0 Å². The molecule has 0 bridgehead atoms. The molecule has 2 unspecified atom stereocenters. The molecule has 0 aliphatic carbocycles. The lowest BCUT2D eigenvalue weighted by atomic mass is 9.96. The molecule has 112 valence electrons. The van der Waals surface area contributed by atoms with Crippen molar-refractivity contribution in [1.29, 1.82) is 0 Å². The van der Waals surface area contributed by atoms with Crippen LogP contribution in [0.5, 0.6) is 0 Å². The Bertz CT molecular complexity index is 421. The molecular formula is C16H23ClFNO. The van der Waals surface area contributed by atoms with Crippen LogP contribution in [-0.4, -0.2) is 25.3 Å². The van der Waals surface area contributed by atoms with Gasteiger partial charge in [0.05, 0.1) is 6.10 Å². The molecule has 1 saturated heterocycles. The maximum Gasteiger partial charge on any atom is 0.123 e. The molecule has 0 amide bonds. The average molecular weight is 300 g/mol. The van der Waals surface area contributed by atoms with Gasteiger partial charge in [0, 0.05) is 17.7 Å². The van der Waals surface area contributed by atoms with Crippen molar-refractivity contribution in [1.82, 2.24) is 5.32 Å².